The van der Waals surface area contributed by atoms with Gasteiger partial charge in [-0.05, 0) is 68.7 Å². The lowest BCUT2D eigenvalue weighted by Gasteiger charge is -2.03. The van der Waals surface area contributed by atoms with Gasteiger partial charge in [0, 0.05) is 21.5 Å². The van der Waals surface area contributed by atoms with Gasteiger partial charge in [0.2, 0.25) is 0 Å². The molecular weight excluding hydrogens is 416 g/mol. The third kappa shape index (κ3) is 2.51. The van der Waals surface area contributed by atoms with Crippen molar-refractivity contribution in [3.05, 3.63) is 109 Å². The Hall–Kier alpha value is -4.56. The maximum atomic E-state index is 6.43. The number of rotatable bonds is 1. The fourth-order valence-electron chi connectivity index (χ4n) is 5.27. The lowest BCUT2D eigenvalue weighted by Crippen LogP contribution is -1.76. The molecule has 158 valence electrons. The first kappa shape index (κ1) is 17.9. The van der Waals surface area contributed by atoms with Crippen molar-refractivity contribution < 1.29 is 8.83 Å². The molecule has 0 saturated carbocycles. The van der Waals surface area contributed by atoms with Gasteiger partial charge in [-0.3, -0.25) is 0 Å². The standard InChI is InChI=1S/C32H18O2/c1-3-7-21-15-27-23(13-19(21)5-1)9-11-25-17-29(33-31(25)27)30-18-26-12-10-24-14-20-6-2-4-8-22(20)16-28(24)32(26)34-30/h1-18H. The van der Waals surface area contributed by atoms with E-state index in [4.69, 9.17) is 8.83 Å². The maximum absolute atomic E-state index is 6.43. The van der Waals surface area contributed by atoms with Crippen molar-refractivity contribution in [2.45, 2.75) is 0 Å². The first-order chi connectivity index (χ1) is 16.8. The van der Waals surface area contributed by atoms with E-state index in [1.54, 1.807) is 0 Å². The molecule has 8 aromatic rings. The number of hydrogen-bond donors (Lipinski definition) is 0. The number of benzene rings is 6. The molecule has 6 aromatic carbocycles. The zero-order valence-corrected chi connectivity index (χ0v) is 18.2. The summed E-state index contributed by atoms with van der Waals surface area (Å²) in [6.07, 6.45) is 0. The molecule has 0 unspecified atom stereocenters. The summed E-state index contributed by atoms with van der Waals surface area (Å²) in [6, 6.07) is 38.5. The van der Waals surface area contributed by atoms with Crippen LogP contribution in [0.3, 0.4) is 0 Å². The van der Waals surface area contributed by atoms with E-state index in [0.29, 0.717) is 0 Å². The molecule has 0 spiro atoms. The van der Waals surface area contributed by atoms with Crippen LogP contribution in [0.4, 0.5) is 0 Å². The van der Waals surface area contributed by atoms with E-state index in [1.807, 2.05) is 0 Å². The van der Waals surface area contributed by atoms with E-state index in [9.17, 15) is 0 Å². The number of furan rings is 2. The van der Waals surface area contributed by atoms with Gasteiger partial charge >= 0.3 is 0 Å². The van der Waals surface area contributed by atoms with Gasteiger partial charge in [0.15, 0.2) is 11.5 Å². The molecular formula is C32H18O2. The lowest BCUT2D eigenvalue weighted by molar-refractivity contribution is 0.572. The highest BCUT2D eigenvalue weighted by Crippen LogP contribution is 2.38. The van der Waals surface area contributed by atoms with Crippen LogP contribution in [0, 0.1) is 0 Å². The van der Waals surface area contributed by atoms with Gasteiger partial charge in [-0.2, -0.15) is 0 Å². The summed E-state index contributed by atoms with van der Waals surface area (Å²) in [7, 11) is 0. The predicted octanol–water partition coefficient (Wildman–Crippen LogP) is 9.46. The lowest BCUT2D eigenvalue weighted by atomic mass is 10.0. The summed E-state index contributed by atoms with van der Waals surface area (Å²) in [4.78, 5) is 0. The fourth-order valence-corrected chi connectivity index (χ4v) is 5.27. The average molecular weight is 434 g/mol. The van der Waals surface area contributed by atoms with E-state index in [-0.39, 0.29) is 0 Å². The Bertz CT molecular complexity index is 1920. The number of hydrogen-bond acceptors (Lipinski definition) is 2. The Morgan fingerprint density at radius 3 is 1.15 bits per heavy atom. The minimum Gasteiger partial charge on any atom is -0.452 e. The van der Waals surface area contributed by atoms with Gasteiger partial charge in [-0.1, -0.05) is 72.8 Å². The van der Waals surface area contributed by atoms with Crippen molar-refractivity contribution in [2.24, 2.45) is 0 Å². The van der Waals surface area contributed by atoms with Gasteiger partial charge in [-0.25, -0.2) is 0 Å². The second kappa shape index (κ2) is 6.49. The zero-order valence-electron chi connectivity index (χ0n) is 18.2. The Morgan fingerprint density at radius 1 is 0.324 bits per heavy atom. The first-order valence-electron chi connectivity index (χ1n) is 11.5. The van der Waals surface area contributed by atoms with Crippen LogP contribution in [0.5, 0.6) is 0 Å². The molecule has 34 heavy (non-hydrogen) atoms. The third-order valence-corrected chi connectivity index (χ3v) is 6.97. The summed E-state index contributed by atoms with van der Waals surface area (Å²) in [5.41, 5.74) is 1.80. The summed E-state index contributed by atoms with van der Waals surface area (Å²) in [5.74, 6) is 1.50. The van der Waals surface area contributed by atoms with Gasteiger partial charge in [-0.15, -0.1) is 0 Å². The summed E-state index contributed by atoms with van der Waals surface area (Å²) in [6.45, 7) is 0. The molecule has 2 aromatic heterocycles. The maximum Gasteiger partial charge on any atom is 0.170 e. The molecule has 0 aliphatic heterocycles. The molecule has 0 bridgehead atoms. The molecule has 0 atom stereocenters. The molecule has 0 N–H and O–H groups in total. The Balaban J connectivity index is 1.36. The summed E-state index contributed by atoms with van der Waals surface area (Å²) < 4.78 is 12.9. The molecule has 8 rings (SSSR count). The summed E-state index contributed by atoms with van der Waals surface area (Å²) in [5, 5.41) is 11.6. The number of fused-ring (bicyclic) bond motifs is 8. The molecule has 0 aliphatic carbocycles. The van der Waals surface area contributed by atoms with E-state index in [0.717, 1.165) is 44.2 Å². The van der Waals surface area contributed by atoms with Crippen molar-refractivity contribution in [1.29, 1.82) is 0 Å². The normalized spacial score (nSPS) is 12.1. The van der Waals surface area contributed by atoms with Crippen LogP contribution in [-0.4, -0.2) is 0 Å². The van der Waals surface area contributed by atoms with Crippen molar-refractivity contribution in [1.82, 2.24) is 0 Å². The van der Waals surface area contributed by atoms with Crippen LogP contribution in [0.15, 0.2) is 118 Å². The Kier molecular flexibility index (Phi) is 3.42. The summed E-state index contributed by atoms with van der Waals surface area (Å²) >= 11 is 0. The van der Waals surface area contributed by atoms with E-state index in [2.05, 4.69) is 109 Å². The molecule has 2 nitrogen and oxygen atoms in total. The molecule has 2 heterocycles. The van der Waals surface area contributed by atoms with Crippen LogP contribution in [0.1, 0.15) is 0 Å². The second-order valence-electron chi connectivity index (χ2n) is 9.03. The first-order valence-corrected chi connectivity index (χ1v) is 11.5. The van der Waals surface area contributed by atoms with Crippen LogP contribution >= 0.6 is 0 Å². The molecule has 0 saturated heterocycles. The minimum absolute atomic E-state index is 0.751. The largest absolute Gasteiger partial charge is 0.452 e. The Morgan fingerprint density at radius 2 is 0.706 bits per heavy atom. The van der Waals surface area contributed by atoms with Crippen molar-refractivity contribution in [3.63, 3.8) is 0 Å². The minimum atomic E-state index is 0.751. The van der Waals surface area contributed by atoms with Gasteiger partial charge in [0.25, 0.3) is 0 Å². The highest BCUT2D eigenvalue weighted by molar-refractivity contribution is 6.12. The van der Waals surface area contributed by atoms with Gasteiger partial charge in [0.05, 0.1) is 0 Å². The van der Waals surface area contributed by atoms with Gasteiger partial charge < -0.3 is 8.83 Å². The van der Waals surface area contributed by atoms with E-state index >= 15 is 0 Å². The topological polar surface area (TPSA) is 26.3 Å². The van der Waals surface area contributed by atoms with E-state index in [1.165, 1.54) is 32.3 Å². The molecule has 0 radical (unpaired) electrons. The monoisotopic (exact) mass is 434 g/mol. The van der Waals surface area contributed by atoms with Crippen molar-refractivity contribution in [2.75, 3.05) is 0 Å². The second-order valence-corrected chi connectivity index (χ2v) is 9.03. The fraction of sp³-hybridized carbons (Fsp3) is 0. The third-order valence-electron chi connectivity index (χ3n) is 6.97. The smallest absolute Gasteiger partial charge is 0.170 e. The van der Waals surface area contributed by atoms with Gasteiger partial charge in [0.1, 0.15) is 11.2 Å². The SMILES string of the molecule is c1ccc2cc3c(ccc4cc(-c5cc6ccc7cc8ccccc8cc7c6o5)oc43)cc2c1. The quantitative estimate of drug-likeness (QED) is 0.240. The molecule has 0 fully saturated rings. The zero-order chi connectivity index (χ0) is 22.2. The van der Waals surface area contributed by atoms with Crippen LogP contribution in [0.25, 0.3) is 76.5 Å². The van der Waals surface area contributed by atoms with Crippen LogP contribution in [-0.2, 0) is 0 Å². The van der Waals surface area contributed by atoms with Crippen molar-refractivity contribution in [3.8, 4) is 11.5 Å². The van der Waals surface area contributed by atoms with Crippen molar-refractivity contribution >= 4 is 65.0 Å². The molecule has 0 aliphatic rings. The predicted molar refractivity (Wildman–Crippen MR) is 141 cm³/mol. The highest BCUT2D eigenvalue weighted by atomic mass is 16.4. The molecule has 0 amide bonds. The highest BCUT2D eigenvalue weighted by Gasteiger charge is 2.15. The van der Waals surface area contributed by atoms with Crippen LogP contribution in [0.2, 0.25) is 0 Å². The average Bonchev–Trinajstić information content (AvgIpc) is 3.51. The Labute approximate surface area is 194 Å². The van der Waals surface area contributed by atoms with E-state index < -0.39 is 0 Å². The molecule has 2 heteroatoms. The van der Waals surface area contributed by atoms with Crippen LogP contribution < -0.4 is 0 Å².